The molecule has 9 heteroatoms. The van der Waals surface area contributed by atoms with Gasteiger partial charge in [-0.2, -0.15) is 0 Å². The first kappa shape index (κ1) is 26.4. The van der Waals surface area contributed by atoms with Crippen molar-refractivity contribution >= 4 is 23.1 Å². The van der Waals surface area contributed by atoms with Gasteiger partial charge in [-0.15, -0.1) is 0 Å². The minimum absolute atomic E-state index is 0.205. The van der Waals surface area contributed by atoms with Crippen molar-refractivity contribution in [2.24, 2.45) is 0 Å². The van der Waals surface area contributed by atoms with Crippen molar-refractivity contribution in [1.29, 1.82) is 0 Å². The van der Waals surface area contributed by atoms with Crippen LogP contribution in [0.4, 0.5) is 11.6 Å². The van der Waals surface area contributed by atoms with Gasteiger partial charge in [-0.25, -0.2) is 15.0 Å². The second-order valence-corrected chi connectivity index (χ2v) is 9.88. The molecule has 2 atom stereocenters. The van der Waals surface area contributed by atoms with Crippen molar-refractivity contribution in [3.8, 4) is 11.3 Å². The largest absolute Gasteiger partial charge is 0.382 e. The Morgan fingerprint density at radius 3 is 2.72 bits per heavy atom. The van der Waals surface area contributed by atoms with Crippen molar-refractivity contribution in [2.45, 2.75) is 45.1 Å². The number of carbonyl (C=O) groups is 1. The van der Waals surface area contributed by atoms with Gasteiger partial charge in [0, 0.05) is 66.9 Å². The van der Waals surface area contributed by atoms with E-state index >= 15 is 0 Å². The predicted molar refractivity (Wildman–Crippen MR) is 153 cm³/mol. The first-order chi connectivity index (χ1) is 19.0. The molecule has 1 saturated heterocycles. The van der Waals surface area contributed by atoms with Gasteiger partial charge in [0.2, 0.25) is 0 Å². The monoisotopic (exact) mass is 525 g/mol. The number of nitrogens with zero attached hydrogens (tertiary/aromatic N) is 5. The number of likely N-dealkylation sites (tertiary alicyclic amines) is 1. The van der Waals surface area contributed by atoms with E-state index in [1.54, 1.807) is 36.7 Å². The average Bonchev–Trinajstić information content (AvgIpc) is 3.35. The number of anilines is 2. The summed E-state index contributed by atoms with van der Waals surface area (Å²) >= 11 is 0. The molecule has 1 fully saturated rings. The van der Waals surface area contributed by atoms with Crippen molar-refractivity contribution in [3.63, 3.8) is 0 Å². The summed E-state index contributed by atoms with van der Waals surface area (Å²) in [5.74, 6) is 1.87. The normalized spacial score (nSPS) is 17.3. The summed E-state index contributed by atoms with van der Waals surface area (Å²) < 4.78 is 7.64. The number of pyridine rings is 1. The lowest BCUT2D eigenvalue weighted by molar-refractivity contribution is 0.102. The quantitative estimate of drug-likeness (QED) is 0.291. The van der Waals surface area contributed by atoms with Gasteiger partial charge in [0.15, 0.2) is 0 Å². The van der Waals surface area contributed by atoms with E-state index in [1.807, 2.05) is 31.3 Å². The molecular formula is C30H35N7O2. The van der Waals surface area contributed by atoms with Gasteiger partial charge in [-0.05, 0) is 51.0 Å². The topological polar surface area (TPSA) is 111 Å². The summed E-state index contributed by atoms with van der Waals surface area (Å²) in [4.78, 5) is 28.8. The number of hydrogen-bond acceptors (Lipinski definition) is 7. The number of nitrogens with two attached hydrogens (primary N) is 1. The Kier molecular flexibility index (Phi) is 7.88. The number of ether oxygens (including phenoxy) is 1. The first-order valence-electron chi connectivity index (χ1n) is 13.4. The van der Waals surface area contributed by atoms with E-state index in [1.165, 1.54) is 0 Å². The number of amides is 1. The molecule has 1 aromatic carbocycles. The number of piperidine rings is 1. The minimum Gasteiger partial charge on any atom is -0.382 e. The Balaban J connectivity index is 1.42. The third-order valence-electron chi connectivity index (χ3n) is 7.33. The molecule has 202 valence electrons. The minimum atomic E-state index is -0.224. The smallest absolute Gasteiger partial charge is 0.256 e. The first-order valence-corrected chi connectivity index (χ1v) is 13.4. The standard InChI is InChI=1S/C30H35N7O2/c1-4-39-18-14-21(3)37-19-24(9-8-20(37)2)29-35-26(27-28(31)33-16-17-36(27)29)22-10-12-23(13-11-22)30(38)34-25-7-5-6-15-32-25/h5-7,10-13,15-17,20,24H,3-4,8-9,14,18-19H2,1-2H3,(H2,31,33)(H,32,34,38). The molecule has 3 N–H and O–H groups in total. The number of imidazole rings is 1. The lowest BCUT2D eigenvalue weighted by Gasteiger charge is -2.40. The molecule has 9 nitrogen and oxygen atoms in total. The van der Waals surface area contributed by atoms with Crippen molar-refractivity contribution in [3.05, 3.63) is 84.7 Å². The van der Waals surface area contributed by atoms with Gasteiger partial charge in [0.1, 0.15) is 28.7 Å². The number of aromatic nitrogens is 4. The highest BCUT2D eigenvalue weighted by molar-refractivity contribution is 6.04. The van der Waals surface area contributed by atoms with Crippen LogP contribution >= 0.6 is 0 Å². The highest BCUT2D eigenvalue weighted by Gasteiger charge is 2.31. The van der Waals surface area contributed by atoms with Crippen LogP contribution in [0.1, 0.15) is 55.2 Å². The zero-order valence-electron chi connectivity index (χ0n) is 22.5. The molecule has 3 aromatic heterocycles. The van der Waals surface area contributed by atoms with Crippen LogP contribution in [0.3, 0.4) is 0 Å². The third-order valence-corrected chi connectivity index (χ3v) is 7.33. The summed E-state index contributed by atoms with van der Waals surface area (Å²) in [6, 6.07) is 13.2. The van der Waals surface area contributed by atoms with Crippen LogP contribution < -0.4 is 11.1 Å². The van der Waals surface area contributed by atoms with Gasteiger partial charge >= 0.3 is 0 Å². The summed E-state index contributed by atoms with van der Waals surface area (Å²) in [5.41, 5.74) is 10.4. The zero-order chi connectivity index (χ0) is 27.4. The van der Waals surface area contributed by atoms with Gasteiger partial charge in [-0.3, -0.25) is 9.20 Å². The second kappa shape index (κ2) is 11.7. The Bertz CT molecular complexity index is 1450. The van der Waals surface area contributed by atoms with Crippen molar-refractivity contribution in [2.75, 3.05) is 30.8 Å². The van der Waals surface area contributed by atoms with Crippen LogP contribution in [0.25, 0.3) is 16.8 Å². The maximum atomic E-state index is 12.7. The van der Waals surface area contributed by atoms with Crippen LogP contribution in [-0.2, 0) is 4.74 Å². The second-order valence-electron chi connectivity index (χ2n) is 9.88. The molecule has 2 unspecified atom stereocenters. The molecular weight excluding hydrogens is 490 g/mol. The number of benzene rings is 1. The number of nitrogen functional groups attached to an aromatic ring is 1. The number of hydrogen-bond donors (Lipinski definition) is 2. The fourth-order valence-corrected chi connectivity index (χ4v) is 5.22. The fourth-order valence-electron chi connectivity index (χ4n) is 5.22. The van der Waals surface area contributed by atoms with E-state index in [9.17, 15) is 4.79 Å². The summed E-state index contributed by atoms with van der Waals surface area (Å²) in [5, 5.41) is 2.82. The molecule has 0 spiro atoms. The molecule has 0 saturated carbocycles. The Hall–Kier alpha value is -4.24. The maximum absolute atomic E-state index is 12.7. The summed E-state index contributed by atoms with van der Waals surface area (Å²) in [6.07, 6.45) is 8.16. The Labute approximate surface area is 228 Å². The fraction of sp³-hybridized carbons (Fsp3) is 0.333. The molecule has 39 heavy (non-hydrogen) atoms. The van der Waals surface area contributed by atoms with E-state index in [0.29, 0.717) is 36.5 Å². The molecule has 1 aliphatic heterocycles. The van der Waals surface area contributed by atoms with E-state index in [0.717, 1.165) is 54.1 Å². The van der Waals surface area contributed by atoms with Gasteiger partial charge in [0.05, 0.1) is 6.61 Å². The summed E-state index contributed by atoms with van der Waals surface area (Å²) in [6.45, 7) is 10.8. The van der Waals surface area contributed by atoms with Crippen LogP contribution in [-0.4, -0.2) is 56.0 Å². The molecule has 0 radical (unpaired) electrons. The highest BCUT2D eigenvalue weighted by Crippen LogP contribution is 2.36. The van der Waals surface area contributed by atoms with Crippen molar-refractivity contribution < 1.29 is 9.53 Å². The zero-order valence-corrected chi connectivity index (χ0v) is 22.5. The Morgan fingerprint density at radius 2 is 1.97 bits per heavy atom. The Morgan fingerprint density at radius 1 is 1.15 bits per heavy atom. The molecule has 4 heterocycles. The van der Waals surface area contributed by atoms with E-state index in [2.05, 4.69) is 38.1 Å². The van der Waals surface area contributed by atoms with E-state index in [4.69, 9.17) is 15.5 Å². The molecule has 0 aliphatic carbocycles. The molecule has 1 amide bonds. The molecule has 1 aliphatic rings. The third kappa shape index (κ3) is 5.63. The lowest BCUT2D eigenvalue weighted by Crippen LogP contribution is -2.40. The maximum Gasteiger partial charge on any atom is 0.256 e. The molecule has 4 aromatic rings. The van der Waals surface area contributed by atoms with Crippen LogP contribution in [0.5, 0.6) is 0 Å². The summed E-state index contributed by atoms with van der Waals surface area (Å²) in [7, 11) is 0. The lowest BCUT2D eigenvalue weighted by atomic mass is 9.92. The van der Waals surface area contributed by atoms with Gasteiger partial charge in [-0.1, -0.05) is 24.8 Å². The van der Waals surface area contributed by atoms with Crippen molar-refractivity contribution in [1.82, 2.24) is 24.3 Å². The predicted octanol–water partition coefficient (Wildman–Crippen LogP) is 5.13. The molecule has 5 rings (SSSR count). The average molecular weight is 526 g/mol. The van der Waals surface area contributed by atoms with Crippen LogP contribution in [0, 0.1) is 0 Å². The number of nitrogens with one attached hydrogen (secondary N) is 1. The highest BCUT2D eigenvalue weighted by atomic mass is 16.5. The van der Waals surface area contributed by atoms with E-state index < -0.39 is 0 Å². The number of carbonyl (C=O) groups excluding carboxylic acids is 1. The number of fused-ring (bicyclic) bond motifs is 1. The molecule has 0 bridgehead atoms. The van der Waals surface area contributed by atoms with Gasteiger partial charge < -0.3 is 20.7 Å². The van der Waals surface area contributed by atoms with E-state index in [-0.39, 0.29) is 11.8 Å². The number of rotatable bonds is 9. The van der Waals surface area contributed by atoms with Crippen LogP contribution in [0.15, 0.2) is 73.3 Å². The van der Waals surface area contributed by atoms with Crippen LogP contribution in [0.2, 0.25) is 0 Å². The van der Waals surface area contributed by atoms with Gasteiger partial charge in [0.25, 0.3) is 5.91 Å². The SMILES string of the molecule is C=C(CCOCC)N1CC(c2nc(-c3ccc(C(=O)Nc4ccccn4)cc3)c3c(N)nccn23)CCC1C.